The quantitative estimate of drug-likeness (QED) is 0.878. The van der Waals surface area contributed by atoms with Crippen LogP contribution in [0.1, 0.15) is 28.8 Å². The molecule has 1 fully saturated rings. The second-order valence-corrected chi connectivity index (χ2v) is 6.27. The summed E-state index contributed by atoms with van der Waals surface area (Å²) in [5.74, 6) is 0.211. The zero-order chi connectivity index (χ0) is 16.4. The molecule has 0 unspecified atom stereocenters. The summed E-state index contributed by atoms with van der Waals surface area (Å²) >= 11 is 6.04. The largest absolute Gasteiger partial charge is 0.369 e. The van der Waals surface area contributed by atoms with Crippen molar-refractivity contribution in [2.24, 2.45) is 5.92 Å². The number of benzene rings is 1. The van der Waals surface area contributed by atoms with Gasteiger partial charge in [-0.2, -0.15) is 5.10 Å². The number of Topliss-reactive ketones (excluding diaryl/α,β-unsaturated/α-hetero) is 1. The molecule has 1 N–H and O–H groups in total. The highest BCUT2D eigenvalue weighted by Crippen LogP contribution is 2.28. The van der Waals surface area contributed by atoms with Crippen LogP contribution in [-0.4, -0.2) is 29.1 Å². The van der Waals surface area contributed by atoms with Gasteiger partial charge in [-0.15, -0.1) is 0 Å². The maximum Gasteiger partial charge on any atom is 0.285 e. The number of halogens is 1. The van der Waals surface area contributed by atoms with Crippen molar-refractivity contribution >= 4 is 23.1 Å². The average molecular weight is 332 g/mol. The molecule has 0 saturated carbocycles. The maximum absolute atomic E-state index is 12.6. The minimum Gasteiger partial charge on any atom is -0.369 e. The normalized spacial score (nSPS) is 15.7. The second-order valence-electron chi connectivity index (χ2n) is 5.89. The van der Waals surface area contributed by atoms with Gasteiger partial charge in [0, 0.05) is 24.6 Å². The molecule has 0 atom stereocenters. The van der Waals surface area contributed by atoms with Gasteiger partial charge >= 0.3 is 0 Å². The van der Waals surface area contributed by atoms with Crippen LogP contribution in [-0.2, 0) is 0 Å². The van der Waals surface area contributed by atoms with Crippen LogP contribution in [0.25, 0.3) is 0 Å². The topological polar surface area (TPSA) is 66.1 Å². The lowest BCUT2D eigenvalue weighted by Gasteiger charge is -2.33. The van der Waals surface area contributed by atoms with Crippen LogP contribution in [0.2, 0.25) is 5.02 Å². The fourth-order valence-electron chi connectivity index (χ4n) is 2.93. The highest BCUT2D eigenvalue weighted by atomic mass is 35.5. The van der Waals surface area contributed by atoms with Crippen LogP contribution in [0.5, 0.6) is 0 Å². The Bertz CT molecular complexity index is 762. The molecule has 2 heterocycles. The van der Waals surface area contributed by atoms with Gasteiger partial charge in [0.1, 0.15) is 5.02 Å². The fraction of sp³-hybridized carbons (Fsp3) is 0.353. The van der Waals surface area contributed by atoms with E-state index in [2.05, 4.69) is 10.2 Å². The molecule has 0 aliphatic carbocycles. The van der Waals surface area contributed by atoms with Crippen molar-refractivity contribution in [1.29, 1.82) is 0 Å². The summed E-state index contributed by atoms with van der Waals surface area (Å²) in [5, 5.41) is 6.27. The van der Waals surface area contributed by atoms with E-state index in [4.69, 9.17) is 11.6 Å². The summed E-state index contributed by atoms with van der Waals surface area (Å²) in [6.45, 7) is 3.38. The number of ketones is 1. The molecule has 120 valence electrons. The van der Waals surface area contributed by atoms with Crippen molar-refractivity contribution in [3.05, 3.63) is 57.0 Å². The summed E-state index contributed by atoms with van der Waals surface area (Å²) in [7, 11) is 0. The number of piperidine rings is 1. The Kier molecular flexibility index (Phi) is 4.48. The molecule has 23 heavy (non-hydrogen) atoms. The van der Waals surface area contributed by atoms with E-state index in [0.29, 0.717) is 18.8 Å². The van der Waals surface area contributed by atoms with Crippen LogP contribution in [0.3, 0.4) is 0 Å². The number of carbonyl (C=O) groups is 1. The lowest BCUT2D eigenvalue weighted by atomic mass is 9.88. The Hall–Kier alpha value is -2.14. The molecule has 0 spiro atoms. The SMILES string of the molecule is Cc1ccc(C(=O)C2CCN(c3cn[nH]c(=O)c3Cl)CC2)cc1. The molecule has 1 aromatic carbocycles. The Labute approximate surface area is 139 Å². The highest BCUT2D eigenvalue weighted by Gasteiger charge is 2.27. The molecular weight excluding hydrogens is 314 g/mol. The number of H-pyrrole nitrogens is 1. The molecule has 1 saturated heterocycles. The van der Waals surface area contributed by atoms with E-state index in [1.807, 2.05) is 36.1 Å². The van der Waals surface area contributed by atoms with Crippen LogP contribution in [0, 0.1) is 12.8 Å². The van der Waals surface area contributed by atoms with Crippen LogP contribution < -0.4 is 10.5 Å². The molecule has 2 aromatic rings. The van der Waals surface area contributed by atoms with Gasteiger partial charge in [0.25, 0.3) is 5.56 Å². The second kappa shape index (κ2) is 6.54. The van der Waals surface area contributed by atoms with Crippen LogP contribution in [0.15, 0.2) is 35.3 Å². The standard InChI is InChI=1S/C17H18ClN3O2/c1-11-2-4-12(5-3-11)16(22)13-6-8-21(9-7-13)14-10-19-20-17(23)15(14)18/h2-5,10,13H,6-9H2,1H3,(H,20,23). The van der Waals surface area contributed by atoms with E-state index in [9.17, 15) is 9.59 Å². The minimum atomic E-state index is -0.387. The first-order valence-electron chi connectivity index (χ1n) is 7.65. The summed E-state index contributed by atoms with van der Waals surface area (Å²) in [6.07, 6.45) is 3.05. The first-order chi connectivity index (χ1) is 11.1. The third-order valence-corrected chi connectivity index (χ3v) is 4.68. The molecule has 5 nitrogen and oxygen atoms in total. The smallest absolute Gasteiger partial charge is 0.285 e. The Morgan fingerprint density at radius 2 is 1.91 bits per heavy atom. The summed E-state index contributed by atoms with van der Waals surface area (Å²) in [5.41, 5.74) is 2.16. The third-order valence-electron chi connectivity index (χ3n) is 4.32. The fourth-order valence-corrected chi connectivity index (χ4v) is 3.14. The number of carbonyl (C=O) groups excluding carboxylic acids is 1. The number of hydrogen-bond donors (Lipinski definition) is 1. The van der Waals surface area contributed by atoms with E-state index in [0.717, 1.165) is 24.0 Å². The molecule has 1 aliphatic heterocycles. The van der Waals surface area contributed by atoms with Gasteiger partial charge in [0.05, 0.1) is 11.9 Å². The number of aryl methyl sites for hydroxylation is 1. The molecular formula is C17H18ClN3O2. The van der Waals surface area contributed by atoms with Crippen molar-refractivity contribution in [3.8, 4) is 0 Å². The minimum absolute atomic E-state index is 0.0164. The summed E-state index contributed by atoms with van der Waals surface area (Å²) < 4.78 is 0. The van der Waals surface area contributed by atoms with Crippen molar-refractivity contribution in [3.63, 3.8) is 0 Å². The summed E-state index contributed by atoms with van der Waals surface area (Å²) in [6, 6.07) is 7.71. The van der Waals surface area contributed by atoms with E-state index in [1.54, 1.807) is 6.20 Å². The first-order valence-corrected chi connectivity index (χ1v) is 8.03. The third kappa shape index (κ3) is 3.29. The predicted octanol–water partition coefficient (Wildman–Crippen LogP) is 2.83. The number of nitrogens with one attached hydrogen (secondary N) is 1. The average Bonchev–Trinajstić information content (AvgIpc) is 2.58. The van der Waals surface area contributed by atoms with E-state index in [1.165, 1.54) is 0 Å². The van der Waals surface area contributed by atoms with Crippen molar-refractivity contribution in [1.82, 2.24) is 10.2 Å². The number of rotatable bonds is 3. The number of aromatic amines is 1. The van der Waals surface area contributed by atoms with Gasteiger partial charge in [0.15, 0.2) is 5.78 Å². The Morgan fingerprint density at radius 3 is 2.57 bits per heavy atom. The van der Waals surface area contributed by atoms with Gasteiger partial charge in [-0.05, 0) is 19.8 Å². The van der Waals surface area contributed by atoms with Crippen LogP contribution in [0.4, 0.5) is 5.69 Å². The molecule has 0 radical (unpaired) electrons. The van der Waals surface area contributed by atoms with Crippen molar-refractivity contribution in [2.45, 2.75) is 19.8 Å². The van der Waals surface area contributed by atoms with Crippen LogP contribution >= 0.6 is 11.6 Å². The monoisotopic (exact) mass is 331 g/mol. The van der Waals surface area contributed by atoms with Crippen molar-refractivity contribution in [2.75, 3.05) is 18.0 Å². The molecule has 0 amide bonds. The number of anilines is 1. The van der Waals surface area contributed by atoms with Gasteiger partial charge in [0.2, 0.25) is 0 Å². The van der Waals surface area contributed by atoms with Gasteiger partial charge in [-0.1, -0.05) is 41.4 Å². The molecule has 3 rings (SSSR count). The first kappa shape index (κ1) is 15.7. The van der Waals surface area contributed by atoms with E-state index >= 15 is 0 Å². The highest BCUT2D eigenvalue weighted by molar-refractivity contribution is 6.33. The number of aromatic nitrogens is 2. The van der Waals surface area contributed by atoms with Crippen molar-refractivity contribution < 1.29 is 4.79 Å². The zero-order valence-corrected chi connectivity index (χ0v) is 13.6. The van der Waals surface area contributed by atoms with Gasteiger partial charge in [-0.3, -0.25) is 9.59 Å². The van der Waals surface area contributed by atoms with Gasteiger partial charge in [-0.25, -0.2) is 5.10 Å². The molecule has 1 aliphatic rings. The molecule has 6 heteroatoms. The number of hydrogen-bond acceptors (Lipinski definition) is 4. The maximum atomic E-state index is 12.6. The Morgan fingerprint density at radius 1 is 1.26 bits per heavy atom. The molecule has 1 aromatic heterocycles. The van der Waals surface area contributed by atoms with Gasteiger partial charge < -0.3 is 4.90 Å². The Balaban J connectivity index is 1.68. The van der Waals surface area contributed by atoms with E-state index < -0.39 is 0 Å². The van der Waals surface area contributed by atoms with E-state index in [-0.39, 0.29) is 22.3 Å². The summed E-state index contributed by atoms with van der Waals surface area (Å²) in [4.78, 5) is 26.1. The zero-order valence-electron chi connectivity index (χ0n) is 12.9. The molecule has 0 bridgehead atoms. The lowest BCUT2D eigenvalue weighted by molar-refractivity contribution is 0.0900. The predicted molar refractivity (Wildman–Crippen MR) is 90.3 cm³/mol. The number of nitrogens with zero attached hydrogens (tertiary/aromatic N) is 2. The lowest BCUT2D eigenvalue weighted by Crippen LogP contribution is -2.37.